The number of pyridine rings is 2. The van der Waals surface area contributed by atoms with Gasteiger partial charge in [-0.05, 0) is 90.7 Å². The van der Waals surface area contributed by atoms with Crippen LogP contribution in [0.4, 0.5) is 0 Å². The lowest BCUT2D eigenvalue weighted by Gasteiger charge is -2.19. The largest absolute Gasteiger partial charge is 0.492 e. The average molecular weight is 673 g/mol. The van der Waals surface area contributed by atoms with Crippen LogP contribution in [0.25, 0.3) is 28.3 Å². The van der Waals surface area contributed by atoms with Gasteiger partial charge in [0.05, 0.1) is 23.4 Å². The third-order valence-corrected chi connectivity index (χ3v) is 8.35. The molecule has 0 N–H and O–H groups in total. The number of benzene rings is 4. The van der Waals surface area contributed by atoms with Gasteiger partial charge in [0.25, 0.3) is 0 Å². The molecular weight excluding hydrogens is 636 g/mol. The van der Waals surface area contributed by atoms with Crippen LogP contribution in [0.1, 0.15) is 54.4 Å². The molecule has 51 heavy (non-hydrogen) atoms. The van der Waals surface area contributed by atoms with Crippen LogP contribution in [0.15, 0.2) is 139 Å². The highest BCUT2D eigenvalue weighted by atomic mass is 16.5. The van der Waals surface area contributed by atoms with Crippen molar-refractivity contribution in [2.24, 2.45) is 0 Å². The average Bonchev–Trinajstić information content (AvgIpc) is 3.18. The fourth-order valence-electron chi connectivity index (χ4n) is 5.53. The van der Waals surface area contributed by atoms with Gasteiger partial charge in [-0.25, -0.2) is 0 Å². The summed E-state index contributed by atoms with van der Waals surface area (Å²) in [7, 11) is 0. The minimum Gasteiger partial charge on any atom is -0.492 e. The molecule has 6 aromatic rings. The van der Waals surface area contributed by atoms with E-state index in [1.54, 1.807) is 36.7 Å². The monoisotopic (exact) mass is 672 g/mol. The molecule has 7 heteroatoms. The number of hydrogen-bond acceptors (Lipinski definition) is 7. The summed E-state index contributed by atoms with van der Waals surface area (Å²) in [5, 5.41) is 0. The molecule has 4 heterocycles. The third-order valence-electron chi connectivity index (χ3n) is 8.35. The van der Waals surface area contributed by atoms with Gasteiger partial charge < -0.3 is 9.47 Å². The first kappa shape index (κ1) is 34.4. The minimum atomic E-state index is 0.000801. The van der Waals surface area contributed by atoms with Gasteiger partial charge in [-0.1, -0.05) is 83.9 Å². The number of hydrogen-bond donors (Lipinski definition) is 0. The second kappa shape index (κ2) is 16.3. The summed E-state index contributed by atoms with van der Waals surface area (Å²) in [5.74, 6) is 1.52. The number of Topliss-reactive ketones (excluding diaryl/α,β-unsaturated/α-hetero) is 2. The molecule has 0 amide bonds. The van der Waals surface area contributed by atoms with Crippen LogP contribution >= 0.6 is 0 Å². The number of aldehydes is 1. The fraction of sp³-hybridized carbons (Fsp3) is 0.114. The van der Waals surface area contributed by atoms with Crippen LogP contribution in [0.5, 0.6) is 11.5 Å². The molecule has 4 aromatic carbocycles. The van der Waals surface area contributed by atoms with Crippen molar-refractivity contribution in [2.75, 3.05) is 13.2 Å². The highest BCUT2D eigenvalue weighted by Crippen LogP contribution is 2.33. The summed E-state index contributed by atoms with van der Waals surface area (Å²) in [4.78, 5) is 42.7. The fourth-order valence-corrected chi connectivity index (χ4v) is 5.53. The molecular formula is C44H36N2O5. The molecule has 7 nitrogen and oxygen atoms in total. The quantitative estimate of drug-likeness (QED) is 0.136. The molecule has 0 unspecified atom stereocenters. The summed E-state index contributed by atoms with van der Waals surface area (Å²) < 4.78 is 11.3. The van der Waals surface area contributed by atoms with E-state index in [1.807, 2.05) is 54.6 Å². The Morgan fingerprint density at radius 2 is 1.12 bits per heavy atom. The maximum atomic E-state index is 12.9. The van der Waals surface area contributed by atoms with E-state index < -0.39 is 0 Å². The van der Waals surface area contributed by atoms with E-state index >= 15 is 0 Å². The zero-order valence-electron chi connectivity index (χ0n) is 28.4. The number of ether oxygens (including phenoxy) is 2. The Morgan fingerprint density at radius 3 is 1.65 bits per heavy atom. The molecule has 2 aliphatic rings. The van der Waals surface area contributed by atoms with Crippen molar-refractivity contribution < 1.29 is 23.9 Å². The van der Waals surface area contributed by atoms with Crippen LogP contribution in [-0.4, -0.2) is 41.0 Å². The number of aromatic nitrogens is 2. The standard InChI is InChI=1S/C22H17NO2.C16H14O2.C6H5NO/c1-15-5-7-16(8-6-15)17-9-10-21-20(13-17)22(24)18(14-25-21)12-19-4-2-3-11-23-19;1-11-2-4-12(5-3-11)13-6-7-16-14(10-13)15(17)8-9-18-16;8-5-6-3-1-2-4-7-6/h2-13H,14H2,1H3;2-7,10H,8-9H2,1H3;1-5H/b18-12+;;. The third kappa shape index (κ3) is 8.77. The van der Waals surface area contributed by atoms with Gasteiger partial charge in [-0.3, -0.25) is 24.4 Å². The van der Waals surface area contributed by atoms with Crippen molar-refractivity contribution in [3.8, 4) is 33.8 Å². The molecule has 0 atom stereocenters. The van der Waals surface area contributed by atoms with Crippen molar-refractivity contribution in [3.63, 3.8) is 0 Å². The molecule has 0 radical (unpaired) electrons. The van der Waals surface area contributed by atoms with Gasteiger partial charge in [0.1, 0.15) is 23.8 Å². The summed E-state index contributed by atoms with van der Waals surface area (Å²) >= 11 is 0. The number of ketones is 2. The zero-order chi connectivity index (χ0) is 35.6. The van der Waals surface area contributed by atoms with Crippen LogP contribution in [0.2, 0.25) is 0 Å². The first-order chi connectivity index (χ1) is 24.9. The molecule has 0 aliphatic carbocycles. The van der Waals surface area contributed by atoms with Gasteiger partial charge >= 0.3 is 0 Å². The number of aryl methyl sites for hydroxylation is 2. The maximum Gasteiger partial charge on any atom is 0.196 e. The van der Waals surface area contributed by atoms with Crippen molar-refractivity contribution >= 4 is 23.9 Å². The van der Waals surface area contributed by atoms with Crippen LogP contribution in [0, 0.1) is 13.8 Å². The lowest BCUT2D eigenvalue weighted by molar-refractivity contribution is 0.0932. The highest BCUT2D eigenvalue weighted by molar-refractivity contribution is 6.14. The van der Waals surface area contributed by atoms with E-state index in [1.165, 1.54) is 11.1 Å². The molecule has 2 aromatic heterocycles. The molecule has 2 aliphatic heterocycles. The van der Waals surface area contributed by atoms with Crippen LogP contribution in [-0.2, 0) is 0 Å². The first-order valence-electron chi connectivity index (χ1n) is 16.6. The van der Waals surface area contributed by atoms with Crippen LogP contribution in [0.3, 0.4) is 0 Å². The molecule has 8 rings (SSSR count). The number of carbonyl (C=O) groups excluding carboxylic acids is 3. The van der Waals surface area contributed by atoms with Crippen molar-refractivity contribution in [3.05, 3.63) is 173 Å². The molecule has 252 valence electrons. The van der Waals surface area contributed by atoms with Crippen molar-refractivity contribution in [2.45, 2.75) is 20.3 Å². The number of fused-ring (bicyclic) bond motifs is 2. The minimum absolute atomic E-state index is 0.000801. The molecule has 0 bridgehead atoms. The predicted octanol–water partition coefficient (Wildman–Crippen LogP) is 9.24. The summed E-state index contributed by atoms with van der Waals surface area (Å²) in [6, 6.07) is 39.0. The zero-order valence-corrected chi connectivity index (χ0v) is 28.4. The van der Waals surface area contributed by atoms with Gasteiger partial charge in [-0.15, -0.1) is 0 Å². The van der Waals surface area contributed by atoms with Gasteiger partial charge in [0, 0.05) is 24.4 Å². The van der Waals surface area contributed by atoms with Crippen LogP contribution < -0.4 is 9.47 Å². The Balaban J connectivity index is 0.000000150. The van der Waals surface area contributed by atoms with E-state index in [4.69, 9.17) is 9.47 Å². The molecule has 0 fully saturated rings. The molecule has 0 spiro atoms. The van der Waals surface area contributed by atoms with E-state index in [0.717, 1.165) is 34.2 Å². The van der Waals surface area contributed by atoms with E-state index in [9.17, 15) is 14.4 Å². The smallest absolute Gasteiger partial charge is 0.196 e. The summed E-state index contributed by atoms with van der Waals surface area (Å²) in [5.41, 5.74) is 9.89. The Morgan fingerprint density at radius 1 is 0.588 bits per heavy atom. The first-order valence-corrected chi connectivity index (χ1v) is 16.6. The van der Waals surface area contributed by atoms with E-state index in [0.29, 0.717) is 46.9 Å². The van der Waals surface area contributed by atoms with Crippen molar-refractivity contribution in [1.82, 2.24) is 9.97 Å². The van der Waals surface area contributed by atoms with E-state index in [-0.39, 0.29) is 18.2 Å². The lowest BCUT2D eigenvalue weighted by atomic mass is 9.95. The highest BCUT2D eigenvalue weighted by Gasteiger charge is 2.24. The van der Waals surface area contributed by atoms with Gasteiger partial charge in [0.2, 0.25) is 0 Å². The maximum absolute atomic E-state index is 12.9. The molecule has 0 saturated carbocycles. The second-order valence-electron chi connectivity index (χ2n) is 12.1. The van der Waals surface area contributed by atoms with Crippen molar-refractivity contribution in [1.29, 1.82) is 0 Å². The number of rotatable bonds is 4. The SMILES string of the molecule is Cc1ccc(-c2ccc3c(c2)C(=O)/C(=C/c2ccccn2)CO3)cc1.Cc1ccc(-c2ccc3c(c2)C(=O)CCO3)cc1.O=Cc1ccccn1. The summed E-state index contributed by atoms with van der Waals surface area (Å²) in [6.45, 7) is 4.89. The van der Waals surface area contributed by atoms with Gasteiger partial charge in [-0.2, -0.15) is 0 Å². The predicted molar refractivity (Wildman–Crippen MR) is 199 cm³/mol. The van der Waals surface area contributed by atoms with Gasteiger partial charge in [0.15, 0.2) is 17.9 Å². The topological polar surface area (TPSA) is 95.5 Å². The normalized spacial score (nSPS) is 13.6. The number of nitrogens with zero attached hydrogens (tertiary/aromatic N) is 2. The summed E-state index contributed by atoms with van der Waals surface area (Å²) in [6.07, 6.45) is 6.29. The Hall–Kier alpha value is -6.47. The Labute approximate surface area is 297 Å². The Bertz CT molecular complexity index is 2180. The lowest BCUT2D eigenvalue weighted by Crippen LogP contribution is -2.19. The number of carbonyl (C=O) groups is 3. The van der Waals surface area contributed by atoms with E-state index in [2.05, 4.69) is 72.3 Å². The Kier molecular flexibility index (Phi) is 11.0. The molecule has 0 saturated heterocycles. The second-order valence-corrected chi connectivity index (χ2v) is 12.1.